The van der Waals surface area contributed by atoms with Gasteiger partial charge in [0.25, 0.3) is 0 Å². The number of aromatic nitrogens is 1. The van der Waals surface area contributed by atoms with E-state index in [1.54, 1.807) is 0 Å². The van der Waals surface area contributed by atoms with Gasteiger partial charge in [-0.25, -0.2) is 0 Å². The maximum atomic E-state index is 4.27. The van der Waals surface area contributed by atoms with E-state index >= 15 is 0 Å². The maximum Gasteiger partial charge on any atom is 0.0410 e. The zero-order valence-electron chi connectivity index (χ0n) is 11.4. The van der Waals surface area contributed by atoms with E-state index in [-0.39, 0.29) is 0 Å². The maximum absolute atomic E-state index is 4.27. The van der Waals surface area contributed by atoms with E-state index in [1.165, 1.54) is 24.0 Å². The van der Waals surface area contributed by atoms with Crippen molar-refractivity contribution < 1.29 is 0 Å². The van der Waals surface area contributed by atoms with Crippen LogP contribution in [-0.4, -0.2) is 17.6 Å². The van der Waals surface area contributed by atoms with Crippen molar-refractivity contribution in [3.8, 4) is 0 Å². The van der Waals surface area contributed by atoms with Crippen LogP contribution in [0.4, 0.5) is 0 Å². The molecule has 3 heteroatoms. The lowest BCUT2D eigenvalue weighted by Gasteiger charge is -2.18. The molecule has 1 aliphatic carbocycles. The van der Waals surface area contributed by atoms with Crippen LogP contribution in [-0.2, 0) is 6.42 Å². The minimum atomic E-state index is 0.507. The summed E-state index contributed by atoms with van der Waals surface area (Å²) in [6.07, 6.45) is 7.50. The van der Waals surface area contributed by atoms with Gasteiger partial charge in [-0.1, -0.05) is 30.3 Å². The van der Waals surface area contributed by atoms with Crippen LogP contribution in [0.1, 0.15) is 29.9 Å². The predicted octanol–water partition coefficient (Wildman–Crippen LogP) is 3.92. The zero-order chi connectivity index (χ0) is 13.8. The van der Waals surface area contributed by atoms with Crippen LogP contribution in [0.3, 0.4) is 0 Å². The smallest absolute Gasteiger partial charge is 0.0410 e. The number of nitrogens with one attached hydrogen (secondary N) is 1. The van der Waals surface area contributed by atoms with Crippen LogP contribution in [0.25, 0.3) is 0 Å². The van der Waals surface area contributed by atoms with Gasteiger partial charge in [-0.05, 0) is 52.4 Å². The quantitative estimate of drug-likeness (QED) is 0.868. The van der Waals surface area contributed by atoms with Gasteiger partial charge in [-0.15, -0.1) is 0 Å². The Morgan fingerprint density at radius 3 is 2.70 bits per heavy atom. The van der Waals surface area contributed by atoms with E-state index < -0.39 is 0 Å². The third-order valence-corrected chi connectivity index (χ3v) is 4.18. The lowest BCUT2D eigenvalue weighted by atomic mass is 9.92. The second-order valence-corrected chi connectivity index (χ2v) is 6.42. The average molecular weight is 331 g/mol. The summed E-state index contributed by atoms with van der Waals surface area (Å²) in [4.78, 5) is 4.27. The molecule has 2 aromatic rings. The molecule has 20 heavy (non-hydrogen) atoms. The summed E-state index contributed by atoms with van der Waals surface area (Å²) in [6, 6.07) is 13.7. The summed E-state index contributed by atoms with van der Waals surface area (Å²) in [5.41, 5.74) is 2.69. The molecular formula is C17H19BrN2. The van der Waals surface area contributed by atoms with E-state index in [1.807, 2.05) is 12.4 Å². The lowest BCUT2D eigenvalue weighted by Crippen LogP contribution is -2.24. The molecule has 104 valence electrons. The van der Waals surface area contributed by atoms with Crippen molar-refractivity contribution in [2.24, 2.45) is 0 Å². The molecule has 1 aliphatic rings. The molecular weight excluding hydrogens is 312 g/mol. The van der Waals surface area contributed by atoms with Crippen molar-refractivity contribution in [3.05, 3.63) is 64.4 Å². The van der Waals surface area contributed by atoms with Crippen molar-refractivity contribution in [1.29, 1.82) is 0 Å². The molecule has 1 saturated carbocycles. The second kappa shape index (κ2) is 6.51. The molecule has 1 fully saturated rings. The Morgan fingerprint density at radius 1 is 1.20 bits per heavy atom. The van der Waals surface area contributed by atoms with Crippen molar-refractivity contribution in [2.45, 2.75) is 31.2 Å². The highest BCUT2D eigenvalue weighted by Crippen LogP contribution is 2.24. The third kappa shape index (κ3) is 3.90. The summed E-state index contributed by atoms with van der Waals surface area (Å²) in [6.45, 7) is 1.04. The molecule has 0 spiro atoms. The molecule has 0 saturated heterocycles. The molecule has 1 atom stereocenters. The van der Waals surface area contributed by atoms with Gasteiger partial charge in [0.15, 0.2) is 0 Å². The van der Waals surface area contributed by atoms with Gasteiger partial charge in [0.05, 0.1) is 0 Å². The van der Waals surface area contributed by atoms with E-state index in [2.05, 4.69) is 62.6 Å². The van der Waals surface area contributed by atoms with Gasteiger partial charge in [-0.2, -0.15) is 0 Å². The van der Waals surface area contributed by atoms with E-state index in [0.717, 1.165) is 23.5 Å². The Bertz CT molecular complexity index is 552. The summed E-state index contributed by atoms with van der Waals surface area (Å²) < 4.78 is 1.05. The average Bonchev–Trinajstić information content (AvgIpc) is 3.29. The Balaban J connectivity index is 1.73. The summed E-state index contributed by atoms with van der Waals surface area (Å²) in [5.74, 6) is 0.507. The van der Waals surface area contributed by atoms with Crippen molar-refractivity contribution in [2.75, 3.05) is 6.54 Å². The topological polar surface area (TPSA) is 24.9 Å². The van der Waals surface area contributed by atoms with Crippen molar-refractivity contribution >= 4 is 15.9 Å². The molecule has 1 aromatic carbocycles. The molecule has 1 aromatic heterocycles. The number of halogens is 1. The fourth-order valence-corrected chi connectivity index (χ4v) is 2.89. The Hall–Kier alpha value is -1.19. The highest BCUT2D eigenvalue weighted by molar-refractivity contribution is 9.10. The van der Waals surface area contributed by atoms with Gasteiger partial charge < -0.3 is 5.32 Å². The Labute approximate surface area is 128 Å². The van der Waals surface area contributed by atoms with Gasteiger partial charge in [0.2, 0.25) is 0 Å². The first-order chi connectivity index (χ1) is 9.81. The van der Waals surface area contributed by atoms with Crippen LogP contribution in [0.2, 0.25) is 0 Å². The Morgan fingerprint density at radius 2 is 2.00 bits per heavy atom. The summed E-state index contributed by atoms with van der Waals surface area (Å²) in [5, 5.41) is 3.66. The minimum absolute atomic E-state index is 0.507. The minimum Gasteiger partial charge on any atom is -0.313 e. The van der Waals surface area contributed by atoms with Crippen molar-refractivity contribution in [1.82, 2.24) is 10.3 Å². The highest BCUT2D eigenvalue weighted by atomic mass is 79.9. The molecule has 0 aliphatic heterocycles. The van der Waals surface area contributed by atoms with Crippen LogP contribution in [0, 0.1) is 0 Å². The number of pyridine rings is 1. The molecule has 1 heterocycles. The van der Waals surface area contributed by atoms with Gasteiger partial charge >= 0.3 is 0 Å². The van der Waals surface area contributed by atoms with Crippen LogP contribution < -0.4 is 5.32 Å². The summed E-state index contributed by atoms with van der Waals surface area (Å²) in [7, 11) is 0. The molecule has 3 rings (SSSR count). The first kappa shape index (κ1) is 13.8. The first-order valence-electron chi connectivity index (χ1n) is 7.19. The molecule has 1 N–H and O–H groups in total. The molecule has 2 nitrogen and oxygen atoms in total. The van der Waals surface area contributed by atoms with E-state index in [0.29, 0.717) is 5.92 Å². The third-order valence-electron chi connectivity index (χ3n) is 3.74. The van der Waals surface area contributed by atoms with E-state index in [9.17, 15) is 0 Å². The number of hydrogen-bond donors (Lipinski definition) is 1. The summed E-state index contributed by atoms with van der Waals surface area (Å²) >= 11 is 3.50. The number of nitrogens with zero attached hydrogens (tertiary/aromatic N) is 1. The van der Waals surface area contributed by atoms with Crippen LogP contribution in [0.15, 0.2) is 53.3 Å². The standard InChI is InChI=1S/C17H19BrN2/c18-16-9-13(10-19-12-16)8-15(11-20-17-6-7-17)14-4-2-1-3-5-14/h1-5,9-10,12,15,17,20H,6-8,11H2. The Kier molecular flexibility index (Phi) is 4.48. The predicted molar refractivity (Wildman–Crippen MR) is 85.8 cm³/mol. The molecule has 0 amide bonds. The fraction of sp³-hybridized carbons (Fsp3) is 0.353. The molecule has 0 bridgehead atoms. The van der Waals surface area contributed by atoms with Gasteiger partial charge in [0, 0.05) is 35.4 Å². The normalized spacial score (nSPS) is 16.1. The number of benzene rings is 1. The first-order valence-corrected chi connectivity index (χ1v) is 7.98. The largest absolute Gasteiger partial charge is 0.313 e. The number of rotatable bonds is 6. The van der Waals surface area contributed by atoms with Crippen LogP contribution in [0.5, 0.6) is 0 Å². The van der Waals surface area contributed by atoms with Gasteiger partial charge in [-0.3, -0.25) is 4.98 Å². The monoisotopic (exact) mass is 330 g/mol. The van der Waals surface area contributed by atoms with E-state index in [4.69, 9.17) is 0 Å². The number of hydrogen-bond acceptors (Lipinski definition) is 2. The lowest BCUT2D eigenvalue weighted by molar-refractivity contribution is 0.576. The highest BCUT2D eigenvalue weighted by Gasteiger charge is 2.22. The van der Waals surface area contributed by atoms with Crippen LogP contribution >= 0.6 is 15.9 Å². The molecule has 1 unspecified atom stereocenters. The second-order valence-electron chi connectivity index (χ2n) is 5.51. The SMILES string of the molecule is Brc1cncc(CC(CNC2CC2)c2ccccc2)c1. The zero-order valence-corrected chi connectivity index (χ0v) is 13.0. The fourth-order valence-electron chi connectivity index (χ4n) is 2.48. The molecule has 0 radical (unpaired) electrons. The van der Waals surface area contributed by atoms with Gasteiger partial charge in [0.1, 0.15) is 0 Å². The van der Waals surface area contributed by atoms with Crippen molar-refractivity contribution in [3.63, 3.8) is 0 Å².